The maximum absolute atomic E-state index is 13.3. The fourth-order valence-corrected chi connectivity index (χ4v) is 5.36. The van der Waals surface area contributed by atoms with E-state index in [-0.39, 0.29) is 41.0 Å². The fraction of sp³-hybridized carbons (Fsp3) is 0.467. The molecule has 0 aliphatic heterocycles. The Kier molecular flexibility index (Phi) is 7.77. The molecule has 0 bridgehead atoms. The van der Waals surface area contributed by atoms with Gasteiger partial charge in [-0.15, -0.1) is 10.2 Å². The zero-order chi connectivity index (χ0) is 33.2. The Morgan fingerprint density at radius 2 is 1.79 bits per heavy atom. The third-order valence-electron chi connectivity index (χ3n) is 7.96. The molecule has 13 heteroatoms. The number of amides is 3. The molecule has 2 saturated carbocycles. The van der Waals surface area contributed by atoms with Crippen LogP contribution in [0.1, 0.15) is 63.6 Å². The summed E-state index contributed by atoms with van der Waals surface area (Å²) >= 11 is 0. The molecule has 3 aromatic rings. The molecular weight excluding hydrogens is 550 g/mol. The van der Waals surface area contributed by atoms with Crippen LogP contribution in [0.3, 0.4) is 0 Å². The van der Waals surface area contributed by atoms with E-state index >= 15 is 0 Å². The first-order valence-corrected chi connectivity index (χ1v) is 14.3. The highest BCUT2D eigenvalue weighted by atomic mass is 16.5. The molecule has 0 atom stereocenters. The average molecular weight is 593 g/mol. The predicted octanol–water partition coefficient (Wildman–Crippen LogP) is 2.94. The number of carbonyl (C=O) groups is 3. The second-order valence-electron chi connectivity index (χ2n) is 11.2. The predicted molar refractivity (Wildman–Crippen MR) is 162 cm³/mol. The van der Waals surface area contributed by atoms with Crippen LogP contribution >= 0.6 is 0 Å². The summed E-state index contributed by atoms with van der Waals surface area (Å²) in [4.78, 5) is 40.7. The third-order valence-corrected chi connectivity index (χ3v) is 7.96. The van der Waals surface area contributed by atoms with Crippen LogP contribution in [-0.4, -0.2) is 82.9 Å². The minimum Gasteiger partial charge on any atom is -0.494 e. The molecule has 0 radical (unpaired) electrons. The Bertz CT molecular complexity index is 1610. The van der Waals surface area contributed by atoms with Crippen molar-refractivity contribution in [2.75, 3.05) is 38.8 Å². The second-order valence-corrected chi connectivity index (χ2v) is 11.2. The Balaban J connectivity index is 1.40. The molecule has 0 spiro atoms. The molecule has 2 aliphatic carbocycles. The average Bonchev–Trinajstić information content (AvgIpc) is 3.78. The van der Waals surface area contributed by atoms with Gasteiger partial charge in [-0.05, 0) is 70.8 Å². The van der Waals surface area contributed by atoms with Crippen molar-refractivity contribution >= 4 is 34.9 Å². The van der Waals surface area contributed by atoms with E-state index in [1.807, 2.05) is 5.32 Å². The van der Waals surface area contributed by atoms with E-state index in [1.165, 1.54) is 17.9 Å². The van der Waals surface area contributed by atoms with Crippen LogP contribution in [0.15, 0.2) is 30.3 Å². The summed E-state index contributed by atoms with van der Waals surface area (Å²) in [6, 6.07) is 8.92. The van der Waals surface area contributed by atoms with Gasteiger partial charge in [0, 0.05) is 47.8 Å². The van der Waals surface area contributed by atoms with Crippen molar-refractivity contribution in [2.45, 2.75) is 50.6 Å². The number of rotatable bonds is 10. The van der Waals surface area contributed by atoms with Crippen LogP contribution in [-0.2, 0) is 11.8 Å². The van der Waals surface area contributed by atoms with Gasteiger partial charge in [-0.25, -0.2) is 0 Å². The van der Waals surface area contributed by atoms with Gasteiger partial charge in [-0.2, -0.15) is 5.10 Å². The number of aromatic nitrogens is 4. The topological polar surface area (TPSA) is 155 Å². The first-order chi connectivity index (χ1) is 21.8. The molecule has 3 amide bonds. The molecule has 2 fully saturated rings. The molecule has 5 rings (SSSR count). The van der Waals surface area contributed by atoms with E-state index in [4.69, 9.17) is 8.85 Å². The van der Waals surface area contributed by atoms with Crippen molar-refractivity contribution in [3.05, 3.63) is 41.7 Å². The standard InChI is InChI=1S/C30H39N9O4/c1-31-30(42)26-23(16-25(35-36-26)34-28(40)17-9-10-17)33-21-8-6-7-20(27(21)43-5)22-15-24(39(4)37-22)29(41)32-18-11-13-19(14-12-18)38(2)3/h6-8,15-19H,9-14H2,1-5H3,(H,31,42)(H,32,41)(H2,33,34,35,40)/i1D3. The monoisotopic (exact) mass is 592 g/mol. The summed E-state index contributed by atoms with van der Waals surface area (Å²) in [7, 11) is 7.33. The number of carbonyl (C=O) groups excluding carboxylic acids is 3. The van der Waals surface area contributed by atoms with Gasteiger partial charge in [0.15, 0.2) is 17.3 Å². The minimum atomic E-state index is -2.76. The van der Waals surface area contributed by atoms with Crippen molar-refractivity contribution in [3.63, 3.8) is 0 Å². The second kappa shape index (κ2) is 12.8. The molecule has 4 N–H and O–H groups in total. The smallest absolute Gasteiger partial charge is 0.273 e. The van der Waals surface area contributed by atoms with Crippen molar-refractivity contribution in [3.8, 4) is 17.0 Å². The van der Waals surface area contributed by atoms with E-state index in [0.29, 0.717) is 34.4 Å². The highest BCUT2D eigenvalue weighted by molar-refractivity contribution is 6.00. The van der Waals surface area contributed by atoms with Gasteiger partial charge < -0.3 is 30.9 Å². The van der Waals surface area contributed by atoms with E-state index in [2.05, 4.69) is 50.2 Å². The van der Waals surface area contributed by atoms with Gasteiger partial charge in [-0.3, -0.25) is 19.1 Å². The Hall–Kier alpha value is -4.52. The summed E-state index contributed by atoms with van der Waals surface area (Å²) in [6.45, 7) is -2.76. The van der Waals surface area contributed by atoms with Crippen LogP contribution in [0, 0.1) is 5.92 Å². The quantitative estimate of drug-likeness (QED) is 0.278. The van der Waals surface area contributed by atoms with Crippen molar-refractivity contribution in [1.82, 2.24) is 35.5 Å². The molecule has 1 aromatic carbocycles. The zero-order valence-corrected chi connectivity index (χ0v) is 24.7. The van der Waals surface area contributed by atoms with Crippen molar-refractivity contribution in [2.24, 2.45) is 13.0 Å². The number of para-hydroxylation sites is 1. The molecule has 228 valence electrons. The highest BCUT2D eigenvalue weighted by Gasteiger charge is 2.30. The van der Waals surface area contributed by atoms with Crippen LogP contribution in [0.25, 0.3) is 11.3 Å². The third kappa shape index (κ3) is 6.77. The lowest BCUT2D eigenvalue weighted by atomic mass is 9.90. The van der Waals surface area contributed by atoms with E-state index < -0.39 is 12.9 Å². The molecule has 0 unspecified atom stereocenters. The van der Waals surface area contributed by atoms with Gasteiger partial charge in [-0.1, -0.05) is 6.07 Å². The van der Waals surface area contributed by atoms with Crippen LogP contribution in [0.4, 0.5) is 17.2 Å². The lowest BCUT2D eigenvalue weighted by molar-refractivity contribution is -0.117. The number of aryl methyl sites for hydroxylation is 1. The molecule has 43 heavy (non-hydrogen) atoms. The first-order valence-electron chi connectivity index (χ1n) is 15.8. The molecule has 0 saturated heterocycles. The van der Waals surface area contributed by atoms with E-state index in [9.17, 15) is 14.4 Å². The molecular formula is C30H39N9O4. The van der Waals surface area contributed by atoms with Crippen molar-refractivity contribution in [1.29, 1.82) is 0 Å². The molecule has 2 heterocycles. The van der Waals surface area contributed by atoms with Crippen molar-refractivity contribution < 1.29 is 23.2 Å². The number of methoxy groups -OCH3 is 1. The Morgan fingerprint density at radius 1 is 1.02 bits per heavy atom. The summed E-state index contributed by atoms with van der Waals surface area (Å²) in [6.07, 6.45) is 5.41. The Labute approximate surface area is 255 Å². The largest absolute Gasteiger partial charge is 0.494 e. The molecule has 13 nitrogen and oxygen atoms in total. The van der Waals surface area contributed by atoms with E-state index in [1.54, 1.807) is 31.3 Å². The summed E-state index contributed by atoms with van der Waals surface area (Å²) in [5.41, 5.74) is 1.61. The van der Waals surface area contributed by atoms with Crippen LogP contribution in [0.5, 0.6) is 5.75 Å². The normalized spacial score (nSPS) is 19.5. The van der Waals surface area contributed by atoms with Crippen LogP contribution < -0.4 is 26.0 Å². The lowest BCUT2D eigenvalue weighted by Gasteiger charge is -2.32. The van der Waals surface area contributed by atoms with Gasteiger partial charge in [0.05, 0.1) is 24.2 Å². The molecule has 2 aliphatic rings. The number of hydrogen-bond acceptors (Lipinski definition) is 9. The Morgan fingerprint density at radius 3 is 2.47 bits per heavy atom. The summed E-state index contributed by atoms with van der Waals surface area (Å²) in [5.74, 6) is -1.07. The number of anilines is 3. The molecule has 2 aromatic heterocycles. The number of nitrogens with one attached hydrogen (secondary N) is 4. The number of benzene rings is 1. The maximum atomic E-state index is 13.3. The fourth-order valence-electron chi connectivity index (χ4n) is 5.36. The van der Waals surface area contributed by atoms with Gasteiger partial charge in [0.2, 0.25) is 5.91 Å². The first kappa shape index (κ1) is 26.1. The maximum Gasteiger partial charge on any atom is 0.273 e. The number of nitrogens with zero attached hydrogens (tertiary/aromatic N) is 5. The summed E-state index contributed by atoms with van der Waals surface area (Å²) < 4.78 is 29.6. The number of ether oxygens (including phenoxy) is 1. The van der Waals surface area contributed by atoms with Gasteiger partial charge >= 0.3 is 0 Å². The van der Waals surface area contributed by atoms with E-state index in [0.717, 1.165) is 38.5 Å². The van der Waals surface area contributed by atoms with Gasteiger partial charge in [0.1, 0.15) is 5.69 Å². The minimum absolute atomic E-state index is 0.0865. The highest BCUT2D eigenvalue weighted by Crippen LogP contribution is 2.38. The lowest BCUT2D eigenvalue weighted by Crippen LogP contribution is -2.42. The SMILES string of the molecule is [2H]C([2H])([2H])NC(=O)c1nnc(NC(=O)C2CC2)cc1Nc1cccc(-c2cc(C(=O)NC3CCC(N(C)C)CC3)n(C)n2)c1OC. The van der Waals surface area contributed by atoms with Crippen LogP contribution in [0.2, 0.25) is 0 Å². The zero-order valence-electron chi connectivity index (χ0n) is 27.7. The summed E-state index contributed by atoms with van der Waals surface area (Å²) in [5, 5.41) is 23.3. The number of hydrogen-bond donors (Lipinski definition) is 4. The van der Waals surface area contributed by atoms with Gasteiger partial charge in [0.25, 0.3) is 11.8 Å².